The largest absolute Gasteiger partial charge is 0.494 e. The van der Waals surface area contributed by atoms with Gasteiger partial charge in [-0.2, -0.15) is 0 Å². The fraction of sp³-hybridized carbons (Fsp3) is 0.333. The molecular formula is C15H19NO. The van der Waals surface area contributed by atoms with Crippen molar-refractivity contribution in [2.75, 3.05) is 6.61 Å². The number of hydrogen-bond donors (Lipinski definition) is 1. The molecule has 2 heteroatoms. The van der Waals surface area contributed by atoms with Gasteiger partial charge in [-0.25, -0.2) is 0 Å². The molecule has 0 saturated carbocycles. The van der Waals surface area contributed by atoms with Gasteiger partial charge >= 0.3 is 0 Å². The predicted molar refractivity (Wildman–Crippen MR) is 71.6 cm³/mol. The molecule has 1 aliphatic heterocycles. The van der Waals surface area contributed by atoms with E-state index in [1.807, 2.05) is 19.1 Å². The summed E-state index contributed by atoms with van der Waals surface area (Å²) < 4.78 is 5.43. The first-order valence-corrected chi connectivity index (χ1v) is 6.10. The normalized spacial score (nSPS) is 19.5. The summed E-state index contributed by atoms with van der Waals surface area (Å²) in [6, 6.07) is 8.16. The summed E-state index contributed by atoms with van der Waals surface area (Å²) in [5.41, 5.74) is 3.43. The maximum absolute atomic E-state index is 5.43. The first kappa shape index (κ1) is 11.8. The molecule has 1 N–H and O–H groups in total. The number of hydrogen-bond acceptors (Lipinski definition) is 2. The van der Waals surface area contributed by atoms with Crippen LogP contribution in [-0.4, -0.2) is 6.61 Å². The Kier molecular flexibility index (Phi) is 3.52. The molecule has 0 radical (unpaired) electrons. The van der Waals surface area contributed by atoms with Crippen LogP contribution in [0.5, 0.6) is 5.75 Å². The molecule has 17 heavy (non-hydrogen) atoms. The number of allylic oxidation sites excluding steroid dienone is 2. The van der Waals surface area contributed by atoms with Gasteiger partial charge in [0, 0.05) is 11.4 Å². The first-order chi connectivity index (χ1) is 8.20. The highest BCUT2D eigenvalue weighted by Gasteiger charge is 2.14. The minimum Gasteiger partial charge on any atom is -0.494 e. The molecule has 1 heterocycles. The van der Waals surface area contributed by atoms with E-state index >= 15 is 0 Å². The minimum atomic E-state index is 0.515. The van der Waals surface area contributed by atoms with Crippen LogP contribution in [0.25, 0.3) is 5.70 Å². The van der Waals surface area contributed by atoms with E-state index in [2.05, 4.69) is 37.0 Å². The number of rotatable bonds is 3. The van der Waals surface area contributed by atoms with E-state index in [1.54, 1.807) is 0 Å². The summed E-state index contributed by atoms with van der Waals surface area (Å²) in [6.07, 6.45) is 3.28. The second-order valence-corrected chi connectivity index (χ2v) is 4.36. The summed E-state index contributed by atoms with van der Waals surface area (Å²) in [7, 11) is 0. The molecule has 0 bridgehead atoms. The number of benzene rings is 1. The van der Waals surface area contributed by atoms with Gasteiger partial charge in [-0.1, -0.05) is 19.6 Å². The van der Waals surface area contributed by atoms with E-state index in [0.29, 0.717) is 12.5 Å². The number of ether oxygens (including phenoxy) is 1. The molecular weight excluding hydrogens is 210 g/mol. The van der Waals surface area contributed by atoms with E-state index in [-0.39, 0.29) is 0 Å². The average Bonchev–Trinajstić information content (AvgIpc) is 2.34. The van der Waals surface area contributed by atoms with Crippen molar-refractivity contribution in [3.63, 3.8) is 0 Å². The number of nitrogens with one attached hydrogen (secondary N) is 1. The quantitative estimate of drug-likeness (QED) is 0.855. The molecule has 1 aromatic carbocycles. The molecule has 0 fully saturated rings. The van der Waals surface area contributed by atoms with Gasteiger partial charge in [0.1, 0.15) is 5.75 Å². The molecule has 0 aliphatic carbocycles. The lowest BCUT2D eigenvalue weighted by Crippen LogP contribution is -2.20. The fourth-order valence-electron chi connectivity index (χ4n) is 1.87. The van der Waals surface area contributed by atoms with Gasteiger partial charge in [0.15, 0.2) is 0 Å². The lowest BCUT2D eigenvalue weighted by atomic mass is 9.97. The van der Waals surface area contributed by atoms with Crippen LogP contribution in [0.2, 0.25) is 0 Å². The molecule has 2 nitrogen and oxygen atoms in total. The van der Waals surface area contributed by atoms with Gasteiger partial charge in [0.2, 0.25) is 0 Å². The fourth-order valence-corrected chi connectivity index (χ4v) is 1.87. The summed E-state index contributed by atoms with van der Waals surface area (Å²) in [5, 5.41) is 3.36. The summed E-state index contributed by atoms with van der Waals surface area (Å²) in [5.74, 6) is 1.43. The van der Waals surface area contributed by atoms with Gasteiger partial charge in [-0.05, 0) is 49.1 Å². The Morgan fingerprint density at radius 1 is 1.35 bits per heavy atom. The predicted octanol–water partition coefficient (Wildman–Crippen LogP) is 3.57. The van der Waals surface area contributed by atoms with Crippen LogP contribution >= 0.6 is 0 Å². The van der Waals surface area contributed by atoms with Crippen LogP contribution in [0, 0.1) is 5.92 Å². The molecule has 0 saturated heterocycles. The van der Waals surface area contributed by atoms with Gasteiger partial charge in [-0.15, -0.1) is 0 Å². The Labute approximate surface area is 103 Å². The third-order valence-electron chi connectivity index (χ3n) is 3.04. The highest BCUT2D eigenvalue weighted by Crippen LogP contribution is 2.25. The molecule has 2 rings (SSSR count). The van der Waals surface area contributed by atoms with Crippen LogP contribution < -0.4 is 10.1 Å². The van der Waals surface area contributed by atoms with E-state index in [1.165, 1.54) is 5.56 Å². The molecule has 1 aliphatic rings. The van der Waals surface area contributed by atoms with Crippen LogP contribution in [0.3, 0.4) is 0 Å². The van der Waals surface area contributed by atoms with E-state index < -0.39 is 0 Å². The molecule has 1 atom stereocenters. The van der Waals surface area contributed by atoms with Crippen molar-refractivity contribution in [3.8, 4) is 5.75 Å². The highest BCUT2D eigenvalue weighted by molar-refractivity contribution is 5.67. The molecule has 0 spiro atoms. The van der Waals surface area contributed by atoms with Crippen LogP contribution in [0.15, 0.2) is 42.6 Å². The maximum atomic E-state index is 5.43. The van der Waals surface area contributed by atoms with Crippen molar-refractivity contribution >= 4 is 5.70 Å². The zero-order valence-corrected chi connectivity index (χ0v) is 10.5. The van der Waals surface area contributed by atoms with Crippen molar-refractivity contribution in [1.82, 2.24) is 5.32 Å². The topological polar surface area (TPSA) is 21.3 Å². The van der Waals surface area contributed by atoms with E-state index in [9.17, 15) is 0 Å². The monoisotopic (exact) mass is 229 g/mol. The second kappa shape index (κ2) is 5.09. The standard InChI is InChI=1S/C15H19NO/c1-4-17-14-8-6-13(7-9-14)15-10-5-11(2)12(3)16-15/h6-11,16H,3-5H2,1-2H3. The molecule has 90 valence electrons. The van der Waals surface area contributed by atoms with Crippen LogP contribution in [0.1, 0.15) is 25.8 Å². The lowest BCUT2D eigenvalue weighted by molar-refractivity contribution is 0.340. The third kappa shape index (κ3) is 2.70. The second-order valence-electron chi connectivity index (χ2n) is 4.36. The van der Waals surface area contributed by atoms with Crippen molar-refractivity contribution < 1.29 is 4.74 Å². The third-order valence-corrected chi connectivity index (χ3v) is 3.04. The van der Waals surface area contributed by atoms with E-state index in [0.717, 1.165) is 23.6 Å². The molecule has 1 unspecified atom stereocenters. The Morgan fingerprint density at radius 2 is 2.06 bits per heavy atom. The zero-order chi connectivity index (χ0) is 12.3. The first-order valence-electron chi connectivity index (χ1n) is 6.10. The molecule has 0 aromatic heterocycles. The highest BCUT2D eigenvalue weighted by atomic mass is 16.5. The van der Waals surface area contributed by atoms with Crippen LogP contribution in [0.4, 0.5) is 0 Å². The molecule has 0 amide bonds. The van der Waals surface area contributed by atoms with Crippen molar-refractivity contribution in [1.29, 1.82) is 0 Å². The Balaban J connectivity index is 2.15. The Morgan fingerprint density at radius 3 is 2.65 bits per heavy atom. The smallest absolute Gasteiger partial charge is 0.119 e. The van der Waals surface area contributed by atoms with E-state index in [4.69, 9.17) is 4.74 Å². The SMILES string of the molecule is C=C1NC(c2ccc(OCC)cc2)=CCC1C. The van der Waals surface area contributed by atoms with Gasteiger partial charge < -0.3 is 10.1 Å². The molecule has 1 aromatic rings. The Hall–Kier alpha value is -1.70. The average molecular weight is 229 g/mol. The van der Waals surface area contributed by atoms with Gasteiger partial charge in [0.05, 0.1) is 6.61 Å². The maximum Gasteiger partial charge on any atom is 0.119 e. The summed E-state index contributed by atoms with van der Waals surface area (Å²) in [4.78, 5) is 0. The summed E-state index contributed by atoms with van der Waals surface area (Å²) >= 11 is 0. The summed E-state index contributed by atoms with van der Waals surface area (Å²) in [6.45, 7) is 8.92. The van der Waals surface area contributed by atoms with Gasteiger partial charge in [-0.3, -0.25) is 0 Å². The van der Waals surface area contributed by atoms with Gasteiger partial charge in [0.25, 0.3) is 0 Å². The van der Waals surface area contributed by atoms with Crippen molar-refractivity contribution in [3.05, 3.63) is 48.2 Å². The van der Waals surface area contributed by atoms with Crippen molar-refractivity contribution in [2.45, 2.75) is 20.3 Å². The van der Waals surface area contributed by atoms with Crippen LogP contribution in [-0.2, 0) is 0 Å². The Bertz CT molecular complexity index is 431. The lowest BCUT2D eigenvalue weighted by Gasteiger charge is -2.23. The zero-order valence-electron chi connectivity index (χ0n) is 10.5. The minimum absolute atomic E-state index is 0.515. The van der Waals surface area contributed by atoms with Crippen molar-refractivity contribution in [2.24, 2.45) is 5.92 Å².